The molecule has 144 valence electrons. The molecule has 6 heteroatoms. The molecule has 0 spiro atoms. The van der Waals surface area contributed by atoms with Crippen molar-refractivity contribution in [2.24, 2.45) is 11.8 Å². The minimum absolute atomic E-state index is 0.121. The lowest BCUT2D eigenvalue weighted by molar-refractivity contribution is -0.0512. The predicted octanol–water partition coefficient (Wildman–Crippen LogP) is 4.05. The van der Waals surface area contributed by atoms with E-state index in [0.29, 0.717) is 19.0 Å². The molecular formula is C20H31N3O3. The zero-order chi connectivity index (χ0) is 18.7. The van der Waals surface area contributed by atoms with Crippen molar-refractivity contribution in [3.8, 4) is 0 Å². The summed E-state index contributed by atoms with van der Waals surface area (Å²) in [6.45, 7) is 11.5. The molecule has 2 bridgehead atoms. The molecule has 1 saturated heterocycles. The van der Waals surface area contributed by atoms with Crippen LogP contribution in [0.2, 0.25) is 0 Å². The first-order valence-corrected chi connectivity index (χ1v) is 9.96. The molecule has 5 rings (SSSR count). The maximum Gasteiger partial charge on any atom is 0.410 e. The average molecular weight is 361 g/mol. The van der Waals surface area contributed by atoms with E-state index in [1.807, 2.05) is 25.7 Å². The summed E-state index contributed by atoms with van der Waals surface area (Å²) < 4.78 is 11.2. The van der Waals surface area contributed by atoms with Gasteiger partial charge in [-0.3, -0.25) is 0 Å². The van der Waals surface area contributed by atoms with Crippen LogP contribution in [0.25, 0.3) is 0 Å². The minimum atomic E-state index is -0.463. The van der Waals surface area contributed by atoms with Gasteiger partial charge in [0.25, 0.3) is 0 Å². The van der Waals surface area contributed by atoms with Gasteiger partial charge in [0, 0.05) is 18.5 Å². The van der Waals surface area contributed by atoms with E-state index >= 15 is 0 Å². The first kappa shape index (κ1) is 17.8. The Bertz CT molecular complexity index is 678. The van der Waals surface area contributed by atoms with E-state index in [4.69, 9.17) is 14.2 Å². The maximum absolute atomic E-state index is 12.4. The molecule has 4 aliphatic rings. The van der Waals surface area contributed by atoms with E-state index < -0.39 is 5.60 Å². The van der Waals surface area contributed by atoms with Gasteiger partial charge in [0.15, 0.2) is 5.82 Å². The Hall–Kier alpha value is -1.59. The number of piperidine rings is 1. The third-order valence-electron chi connectivity index (χ3n) is 6.78. The van der Waals surface area contributed by atoms with Crippen LogP contribution in [0, 0.1) is 11.8 Å². The molecule has 1 aromatic rings. The fourth-order valence-corrected chi connectivity index (χ4v) is 4.86. The number of likely N-dealkylation sites (tertiary alicyclic amines) is 1. The minimum Gasteiger partial charge on any atom is -0.444 e. The van der Waals surface area contributed by atoms with Crippen LogP contribution in [0.15, 0.2) is 4.52 Å². The summed E-state index contributed by atoms with van der Waals surface area (Å²) >= 11 is 0. The van der Waals surface area contributed by atoms with E-state index in [2.05, 4.69) is 19.0 Å². The Morgan fingerprint density at radius 1 is 1.23 bits per heavy atom. The SMILES string of the molecule is CC(C)C1(c2noc(C34CC(C3)C4)n2)CCN(C(=O)OC(C)(C)C)CC1. The Labute approximate surface area is 155 Å². The number of amides is 1. The first-order chi connectivity index (χ1) is 12.1. The fourth-order valence-electron chi connectivity index (χ4n) is 4.86. The molecule has 1 amide bonds. The van der Waals surface area contributed by atoms with Gasteiger partial charge >= 0.3 is 6.09 Å². The highest BCUT2D eigenvalue weighted by Crippen LogP contribution is 2.64. The molecule has 2 heterocycles. The molecule has 0 unspecified atom stereocenters. The standard InChI is InChI=1S/C20H31N3O3/c1-13(2)20(6-8-23(9-7-20)17(24)25-18(3,4)5)15-21-16(26-22-15)19-10-14(11-19)12-19/h13-14H,6-12H2,1-5H3. The largest absolute Gasteiger partial charge is 0.444 e. The summed E-state index contributed by atoms with van der Waals surface area (Å²) in [5.41, 5.74) is -0.385. The van der Waals surface area contributed by atoms with Crippen molar-refractivity contribution in [2.75, 3.05) is 13.1 Å². The van der Waals surface area contributed by atoms with Gasteiger partial charge < -0.3 is 14.2 Å². The lowest BCUT2D eigenvalue weighted by atomic mass is 9.44. The molecule has 0 radical (unpaired) electrons. The topological polar surface area (TPSA) is 68.5 Å². The number of aromatic nitrogens is 2. The fraction of sp³-hybridized carbons (Fsp3) is 0.850. The summed E-state index contributed by atoms with van der Waals surface area (Å²) in [4.78, 5) is 19.1. The molecule has 26 heavy (non-hydrogen) atoms. The average Bonchev–Trinajstić information content (AvgIpc) is 2.92. The maximum atomic E-state index is 12.4. The number of hydrogen-bond acceptors (Lipinski definition) is 5. The number of carbonyl (C=O) groups excluding carboxylic acids is 1. The lowest BCUT2D eigenvalue weighted by Gasteiger charge is -2.59. The highest BCUT2D eigenvalue weighted by Gasteiger charge is 2.61. The van der Waals surface area contributed by atoms with Crippen molar-refractivity contribution < 1.29 is 14.1 Å². The van der Waals surface area contributed by atoms with Gasteiger partial charge in [0.05, 0.1) is 5.41 Å². The smallest absolute Gasteiger partial charge is 0.410 e. The second-order valence-corrected chi connectivity index (χ2v) is 9.96. The monoisotopic (exact) mass is 361 g/mol. The number of hydrogen-bond donors (Lipinski definition) is 0. The van der Waals surface area contributed by atoms with Crippen LogP contribution in [0.3, 0.4) is 0 Å². The molecule has 3 saturated carbocycles. The van der Waals surface area contributed by atoms with Crippen molar-refractivity contribution >= 4 is 6.09 Å². The number of rotatable bonds is 3. The first-order valence-electron chi connectivity index (χ1n) is 9.96. The highest BCUT2D eigenvalue weighted by molar-refractivity contribution is 5.68. The second kappa shape index (κ2) is 5.70. The molecule has 0 N–H and O–H groups in total. The van der Waals surface area contributed by atoms with Crippen molar-refractivity contribution in [1.29, 1.82) is 0 Å². The quantitative estimate of drug-likeness (QED) is 0.812. The van der Waals surface area contributed by atoms with Crippen LogP contribution in [0.4, 0.5) is 4.79 Å². The van der Waals surface area contributed by atoms with Crippen molar-refractivity contribution in [3.63, 3.8) is 0 Å². The van der Waals surface area contributed by atoms with Crippen LogP contribution in [-0.2, 0) is 15.6 Å². The van der Waals surface area contributed by atoms with Crippen LogP contribution in [0.5, 0.6) is 0 Å². The third-order valence-corrected chi connectivity index (χ3v) is 6.78. The van der Waals surface area contributed by atoms with Gasteiger partial charge in [0.1, 0.15) is 5.60 Å². The van der Waals surface area contributed by atoms with Gasteiger partial charge in [-0.05, 0) is 64.7 Å². The zero-order valence-electron chi connectivity index (χ0n) is 16.7. The van der Waals surface area contributed by atoms with E-state index in [1.165, 1.54) is 19.3 Å². The highest BCUT2D eigenvalue weighted by atomic mass is 16.6. The lowest BCUT2D eigenvalue weighted by Crippen LogP contribution is -2.55. The Morgan fingerprint density at radius 3 is 2.31 bits per heavy atom. The van der Waals surface area contributed by atoms with Crippen LogP contribution >= 0.6 is 0 Å². The summed E-state index contributed by atoms with van der Waals surface area (Å²) in [5.74, 6) is 2.98. The van der Waals surface area contributed by atoms with Gasteiger partial charge in [-0.2, -0.15) is 4.98 Å². The van der Waals surface area contributed by atoms with Crippen LogP contribution in [-0.4, -0.2) is 39.8 Å². The molecule has 6 nitrogen and oxygen atoms in total. The van der Waals surface area contributed by atoms with Crippen LogP contribution < -0.4 is 0 Å². The third kappa shape index (κ3) is 2.72. The zero-order valence-corrected chi connectivity index (χ0v) is 16.7. The molecular weight excluding hydrogens is 330 g/mol. The number of carbonyl (C=O) groups is 1. The molecule has 1 aromatic heterocycles. The van der Waals surface area contributed by atoms with E-state index in [9.17, 15) is 4.79 Å². The number of nitrogens with zero attached hydrogens (tertiary/aromatic N) is 3. The number of ether oxygens (including phenoxy) is 1. The van der Waals surface area contributed by atoms with Crippen LogP contribution in [0.1, 0.15) is 78.4 Å². The molecule has 0 atom stereocenters. The Balaban J connectivity index is 1.48. The van der Waals surface area contributed by atoms with Crippen molar-refractivity contribution in [1.82, 2.24) is 15.0 Å². The summed E-state index contributed by atoms with van der Waals surface area (Å²) in [5, 5.41) is 4.41. The summed E-state index contributed by atoms with van der Waals surface area (Å²) in [7, 11) is 0. The van der Waals surface area contributed by atoms with E-state index in [-0.39, 0.29) is 16.9 Å². The van der Waals surface area contributed by atoms with Gasteiger partial charge in [0.2, 0.25) is 5.89 Å². The van der Waals surface area contributed by atoms with Crippen molar-refractivity contribution in [2.45, 2.75) is 83.2 Å². The molecule has 3 aliphatic carbocycles. The summed E-state index contributed by atoms with van der Waals surface area (Å²) in [6.07, 6.45) is 5.12. The van der Waals surface area contributed by atoms with Gasteiger partial charge in [-0.25, -0.2) is 4.79 Å². The van der Waals surface area contributed by atoms with Gasteiger partial charge in [-0.15, -0.1) is 0 Å². The summed E-state index contributed by atoms with van der Waals surface area (Å²) in [6, 6.07) is 0. The van der Waals surface area contributed by atoms with Crippen molar-refractivity contribution in [3.05, 3.63) is 11.7 Å². The molecule has 1 aliphatic heterocycles. The predicted molar refractivity (Wildman–Crippen MR) is 96.9 cm³/mol. The molecule has 0 aromatic carbocycles. The normalized spacial score (nSPS) is 29.9. The molecule has 4 fully saturated rings. The van der Waals surface area contributed by atoms with Gasteiger partial charge in [-0.1, -0.05) is 19.0 Å². The van der Waals surface area contributed by atoms with E-state index in [0.717, 1.165) is 30.5 Å². The Morgan fingerprint density at radius 2 is 1.85 bits per heavy atom. The Kier molecular flexibility index (Phi) is 3.90. The second-order valence-electron chi connectivity index (χ2n) is 9.96. The van der Waals surface area contributed by atoms with E-state index in [1.54, 1.807) is 0 Å².